The van der Waals surface area contributed by atoms with Gasteiger partial charge in [0.05, 0.1) is 4.90 Å². The number of ether oxygens (including phenoxy) is 1. The van der Waals surface area contributed by atoms with Crippen molar-refractivity contribution in [2.75, 3.05) is 0 Å². The SMILES string of the molecule is CCCCCCc1c([O-])cccc1Oc1cccc(S(=O)(=O)O)c1.[K+]. The minimum atomic E-state index is -4.30. The smallest absolute Gasteiger partial charge is 0.872 e. The minimum Gasteiger partial charge on any atom is -0.872 e. The monoisotopic (exact) mass is 388 g/mol. The maximum atomic E-state index is 12.1. The van der Waals surface area contributed by atoms with E-state index < -0.39 is 10.1 Å². The number of hydrogen-bond donors (Lipinski definition) is 1. The van der Waals surface area contributed by atoms with Crippen LogP contribution >= 0.6 is 0 Å². The van der Waals surface area contributed by atoms with Gasteiger partial charge in [0, 0.05) is 6.07 Å². The average molecular weight is 389 g/mol. The van der Waals surface area contributed by atoms with Crippen LogP contribution in [-0.2, 0) is 16.5 Å². The first kappa shape index (κ1) is 22.6. The Morgan fingerprint density at radius 3 is 2.48 bits per heavy atom. The van der Waals surface area contributed by atoms with E-state index in [1.807, 2.05) is 0 Å². The topological polar surface area (TPSA) is 86.7 Å². The van der Waals surface area contributed by atoms with E-state index in [0.717, 1.165) is 25.7 Å². The van der Waals surface area contributed by atoms with Gasteiger partial charge >= 0.3 is 51.4 Å². The average Bonchev–Trinajstić information content (AvgIpc) is 2.53. The molecule has 130 valence electrons. The van der Waals surface area contributed by atoms with E-state index in [4.69, 9.17) is 9.29 Å². The zero-order valence-electron chi connectivity index (χ0n) is 14.6. The molecule has 0 bridgehead atoms. The van der Waals surface area contributed by atoms with Gasteiger partial charge in [-0.2, -0.15) is 8.42 Å². The number of benzene rings is 2. The largest absolute Gasteiger partial charge is 1.00 e. The van der Waals surface area contributed by atoms with Gasteiger partial charge in [0.25, 0.3) is 10.1 Å². The zero-order chi connectivity index (χ0) is 17.6. The molecule has 0 atom stereocenters. The predicted molar refractivity (Wildman–Crippen MR) is 90.1 cm³/mol. The first-order valence-electron chi connectivity index (χ1n) is 7.96. The number of hydrogen-bond acceptors (Lipinski definition) is 4. The summed E-state index contributed by atoms with van der Waals surface area (Å²) >= 11 is 0. The molecule has 0 fully saturated rings. The van der Waals surface area contributed by atoms with Gasteiger partial charge in [0.1, 0.15) is 11.5 Å². The summed E-state index contributed by atoms with van der Waals surface area (Å²) < 4.78 is 37.2. The van der Waals surface area contributed by atoms with Crippen molar-refractivity contribution in [3.63, 3.8) is 0 Å². The van der Waals surface area contributed by atoms with Gasteiger partial charge < -0.3 is 9.84 Å². The van der Waals surface area contributed by atoms with Crippen LogP contribution in [0, 0.1) is 0 Å². The quantitative estimate of drug-likeness (QED) is 0.413. The fourth-order valence-corrected chi connectivity index (χ4v) is 2.96. The van der Waals surface area contributed by atoms with Crippen LogP contribution in [0.1, 0.15) is 38.2 Å². The van der Waals surface area contributed by atoms with Gasteiger partial charge in [-0.1, -0.05) is 44.4 Å². The molecule has 1 N–H and O–H groups in total. The fourth-order valence-electron chi connectivity index (χ4n) is 2.44. The van der Waals surface area contributed by atoms with Gasteiger partial charge in [0.15, 0.2) is 0 Å². The summed E-state index contributed by atoms with van der Waals surface area (Å²) in [7, 11) is -4.30. The zero-order valence-corrected chi connectivity index (χ0v) is 18.5. The Bertz CT molecular complexity index is 790. The Morgan fingerprint density at radius 2 is 1.80 bits per heavy atom. The van der Waals surface area contributed by atoms with Gasteiger partial charge in [-0.15, -0.1) is 5.75 Å². The third kappa shape index (κ3) is 7.01. The van der Waals surface area contributed by atoms with Crippen LogP contribution in [0.3, 0.4) is 0 Å². The van der Waals surface area contributed by atoms with E-state index in [1.165, 1.54) is 24.3 Å². The first-order chi connectivity index (χ1) is 11.4. The van der Waals surface area contributed by atoms with Crippen LogP contribution in [-0.4, -0.2) is 13.0 Å². The third-order valence-electron chi connectivity index (χ3n) is 3.70. The van der Waals surface area contributed by atoms with Crippen molar-refractivity contribution in [1.29, 1.82) is 0 Å². The second-order valence-electron chi connectivity index (χ2n) is 5.60. The van der Waals surface area contributed by atoms with Crippen LogP contribution in [0.5, 0.6) is 17.2 Å². The van der Waals surface area contributed by atoms with Crippen molar-refractivity contribution >= 4 is 10.1 Å². The van der Waals surface area contributed by atoms with Crippen molar-refractivity contribution in [1.82, 2.24) is 0 Å². The molecule has 0 heterocycles. The number of rotatable bonds is 8. The van der Waals surface area contributed by atoms with Gasteiger partial charge in [-0.05, 0) is 36.6 Å². The summed E-state index contributed by atoms with van der Waals surface area (Å²) in [5.41, 5.74) is 0.589. The summed E-state index contributed by atoms with van der Waals surface area (Å²) in [4.78, 5) is -0.247. The standard InChI is InChI=1S/C18H22O5S.K/c1-2-3-4-5-10-16-17(19)11-7-12-18(16)23-14-8-6-9-15(13-14)24(20,21)22;/h6-9,11-13,19H,2-5,10H2,1H3,(H,20,21,22);/q;+1/p-1. The Balaban J connectivity index is 0.00000312. The molecule has 0 saturated heterocycles. The van der Waals surface area contributed by atoms with Crippen molar-refractivity contribution in [3.8, 4) is 17.2 Å². The molecule has 25 heavy (non-hydrogen) atoms. The fraction of sp³-hybridized carbons (Fsp3) is 0.333. The second kappa shape index (κ2) is 10.7. The molecule has 0 saturated carbocycles. The minimum absolute atomic E-state index is 0. The summed E-state index contributed by atoms with van der Waals surface area (Å²) in [6.07, 6.45) is 4.79. The van der Waals surface area contributed by atoms with Gasteiger partial charge in [-0.3, -0.25) is 4.55 Å². The molecule has 0 aliphatic rings. The van der Waals surface area contributed by atoms with Crippen molar-refractivity contribution in [2.45, 2.75) is 43.9 Å². The van der Waals surface area contributed by atoms with Gasteiger partial charge in [-0.25, -0.2) is 0 Å². The molecular formula is C18H21KO5S. The van der Waals surface area contributed by atoms with Crippen LogP contribution < -0.4 is 61.2 Å². The van der Waals surface area contributed by atoms with E-state index >= 15 is 0 Å². The van der Waals surface area contributed by atoms with Crippen molar-refractivity contribution < 1.29 is 74.2 Å². The predicted octanol–water partition coefficient (Wildman–Crippen LogP) is 0.926. The van der Waals surface area contributed by atoms with Crippen LogP contribution in [0.15, 0.2) is 47.4 Å². The Morgan fingerprint density at radius 1 is 1.08 bits per heavy atom. The van der Waals surface area contributed by atoms with E-state index in [1.54, 1.807) is 18.2 Å². The van der Waals surface area contributed by atoms with E-state index in [-0.39, 0.29) is 67.8 Å². The maximum absolute atomic E-state index is 12.1. The summed E-state index contributed by atoms with van der Waals surface area (Å²) in [5.74, 6) is 0.590. The summed E-state index contributed by atoms with van der Waals surface area (Å²) in [6.45, 7) is 2.12. The molecule has 0 aromatic heterocycles. The third-order valence-corrected chi connectivity index (χ3v) is 4.55. The Hall–Kier alpha value is -0.414. The van der Waals surface area contributed by atoms with Crippen LogP contribution in [0.2, 0.25) is 0 Å². The maximum Gasteiger partial charge on any atom is 1.00 e. The van der Waals surface area contributed by atoms with Crippen molar-refractivity contribution in [2.24, 2.45) is 0 Å². The molecule has 2 rings (SSSR count). The molecule has 2 aromatic carbocycles. The molecule has 0 unspecified atom stereocenters. The molecular weight excluding hydrogens is 367 g/mol. The van der Waals surface area contributed by atoms with Crippen LogP contribution in [0.25, 0.3) is 0 Å². The summed E-state index contributed by atoms with van der Waals surface area (Å²) in [5, 5.41) is 12.1. The number of unbranched alkanes of at least 4 members (excludes halogenated alkanes) is 3. The molecule has 0 aliphatic heterocycles. The molecule has 2 aromatic rings. The molecule has 0 spiro atoms. The Labute approximate surface area is 191 Å². The van der Waals surface area contributed by atoms with E-state index in [2.05, 4.69) is 6.92 Å². The molecule has 0 radical (unpaired) electrons. The molecule has 0 amide bonds. The van der Waals surface area contributed by atoms with Crippen molar-refractivity contribution in [3.05, 3.63) is 48.0 Å². The normalized spacial score (nSPS) is 11.0. The second-order valence-corrected chi connectivity index (χ2v) is 7.02. The van der Waals surface area contributed by atoms with E-state index in [0.29, 0.717) is 17.7 Å². The van der Waals surface area contributed by atoms with Gasteiger partial charge in [0.2, 0.25) is 0 Å². The van der Waals surface area contributed by atoms with Crippen LogP contribution in [0.4, 0.5) is 0 Å². The molecule has 5 nitrogen and oxygen atoms in total. The molecule has 0 aliphatic carbocycles. The first-order valence-corrected chi connectivity index (χ1v) is 9.40. The Kier molecular flexibility index (Phi) is 9.65. The molecule has 7 heteroatoms. The van der Waals surface area contributed by atoms with E-state index in [9.17, 15) is 13.5 Å². The summed E-state index contributed by atoms with van der Waals surface area (Å²) in [6, 6.07) is 10.4.